The molecular formula is C19H24N4O2. The first kappa shape index (κ1) is 16.1. The zero-order chi connectivity index (χ0) is 17.2. The Morgan fingerprint density at radius 2 is 2.00 bits per heavy atom. The van der Waals surface area contributed by atoms with E-state index in [1.54, 1.807) is 10.9 Å². The van der Waals surface area contributed by atoms with Gasteiger partial charge in [-0.05, 0) is 31.4 Å². The average Bonchev–Trinajstić information content (AvgIpc) is 3.25. The third kappa shape index (κ3) is 3.39. The van der Waals surface area contributed by atoms with Crippen LogP contribution in [-0.4, -0.2) is 52.4 Å². The van der Waals surface area contributed by atoms with Crippen molar-refractivity contribution in [3.63, 3.8) is 0 Å². The fourth-order valence-electron chi connectivity index (χ4n) is 3.82. The number of aromatic nitrogens is 2. The predicted molar refractivity (Wildman–Crippen MR) is 95.6 cm³/mol. The van der Waals surface area contributed by atoms with Crippen molar-refractivity contribution in [2.24, 2.45) is 7.05 Å². The van der Waals surface area contributed by atoms with Gasteiger partial charge in [-0.15, -0.1) is 0 Å². The minimum atomic E-state index is -0.0432. The number of amides is 1. The minimum absolute atomic E-state index is 0.0432. The number of anilines is 1. The average molecular weight is 340 g/mol. The van der Waals surface area contributed by atoms with Crippen molar-refractivity contribution >= 4 is 11.6 Å². The van der Waals surface area contributed by atoms with Gasteiger partial charge in [-0.3, -0.25) is 14.4 Å². The van der Waals surface area contributed by atoms with Gasteiger partial charge < -0.3 is 9.64 Å². The topological polar surface area (TPSA) is 50.6 Å². The van der Waals surface area contributed by atoms with E-state index in [0.29, 0.717) is 0 Å². The standard InChI is InChI=1S/C19H24N4O2/c1-21-13-15(12-20-21)23-10-5-8-18(19(23)24)22-11-9-17(14-22)25-16-6-3-2-4-7-16/h2-4,6-7,12-13,17-18H,5,8-11,14H2,1H3/t17-,18-/m0/s1. The number of likely N-dealkylation sites (tertiary alicyclic amines) is 1. The molecule has 6 heteroatoms. The summed E-state index contributed by atoms with van der Waals surface area (Å²) in [4.78, 5) is 17.2. The Labute approximate surface area is 148 Å². The number of carbonyl (C=O) groups is 1. The van der Waals surface area contributed by atoms with Gasteiger partial charge >= 0.3 is 0 Å². The van der Waals surface area contributed by atoms with E-state index in [-0.39, 0.29) is 18.1 Å². The van der Waals surface area contributed by atoms with Gasteiger partial charge in [-0.1, -0.05) is 18.2 Å². The molecule has 2 fully saturated rings. The number of hydrogen-bond acceptors (Lipinski definition) is 4. The highest BCUT2D eigenvalue weighted by molar-refractivity contribution is 5.97. The van der Waals surface area contributed by atoms with Crippen LogP contribution in [0.3, 0.4) is 0 Å². The van der Waals surface area contributed by atoms with Crippen molar-refractivity contribution in [2.45, 2.75) is 31.4 Å². The molecule has 1 aromatic heterocycles. The van der Waals surface area contributed by atoms with Crippen LogP contribution in [0.1, 0.15) is 19.3 Å². The van der Waals surface area contributed by atoms with Crippen molar-refractivity contribution in [3.05, 3.63) is 42.7 Å². The highest BCUT2D eigenvalue weighted by atomic mass is 16.5. The summed E-state index contributed by atoms with van der Waals surface area (Å²) in [5.41, 5.74) is 0.897. The van der Waals surface area contributed by atoms with Crippen molar-refractivity contribution in [2.75, 3.05) is 24.5 Å². The van der Waals surface area contributed by atoms with Gasteiger partial charge in [0.15, 0.2) is 0 Å². The van der Waals surface area contributed by atoms with E-state index in [2.05, 4.69) is 10.00 Å². The fraction of sp³-hybridized carbons (Fsp3) is 0.474. The molecule has 132 valence electrons. The second kappa shape index (κ2) is 6.88. The normalized spacial score (nSPS) is 24.7. The third-order valence-corrected chi connectivity index (χ3v) is 5.08. The second-order valence-electron chi connectivity index (χ2n) is 6.86. The molecule has 3 heterocycles. The second-order valence-corrected chi connectivity index (χ2v) is 6.86. The van der Waals surface area contributed by atoms with Crippen LogP contribution >= 0.6 is 0 Å². The Hall–Kier alpha value is -2.34. The highest BCUT2D eigenvalue weighted by Crippen LogP contribution is 2.27. The Balaban J connectivity index is 1.40. The summed E-state index contributed by atoms with van der Waals surface area (Å²) >= 11 is 0. The Morgan fingerprint density at radius 3 is 2.76 bits per heavy atom. The smallest absolute Gasteiger partial charge is 0.244 e. The molecule has 2 atom stereocenters. The van der Waals surface area contributed by atoms with Crippen molar-refractivity contribution in [1.82, 2.24) is 14.7 Å². The monoisotopic (exact) mass is 340 g/mol. The van der Waals surface area contributed by atoms with E-state index in [1.807, 2.05) is 48.5 Å². The summed E-state index contributed by atoms with van der Waals surface area (Å²) < 4.78 is 7.81. The van der Waals surface area contributed by atoms with Crippen LogP contribution in [0, 0.1) is 0 Å². The molecule has 2 saturated heterocycles. The molecule has 0 saturated carbocycles. The molecule has 2 aliphatic heterocycles. The van der Waals surface area contributed by atoms with Crippen LogP contribution in [-0.2, 0) is 11.8 Å². The highest BCUT2D eigenvalue weighted by Gasteiger charge is 2.38. The number of hydrogen-bond donors (Lipinski definition) is 0. The zero-order valence-corrected chi connectivity index (χ0v) is 14.5. The molecule has 0 spiro atoms. The largest absolute Gasteiger partial charge is 0.489 e. The van der Waals surface area contributed by atoms with Crippen molar-refractivity contribution < 1.29 is 9.53 Å². The van der Waals surface area contributed by atoms with Crippen molar-refractivity contribution in [3.8, 4) is 5.75 Å². The fourth-order valence-corrected chi connectivity index (χ4v) is 3.82. The lowest BCUT2D eigenvalue weighted by atomic mass is 10.0. The maximum atomic E-state index is 13.0. The Morgan fingerprint density at radius 1 is 1.16 bits per heavy atom. The van der Waals surface area contributed by atoms with Gasteiger partial charge in [0, 0.05) is 32.9 Å². The van der Waals surface area contributed by atoms with Gasteiger partial charge in [0.2, 0.25) is 5.91 Å². The first-order valence-electron chi connectivity index (χ1n) is 8.96. The number of rotatable bonds is 4. The Bertz CT molecular complexity index is 730. The summed E-state index contributed by atoms with van der Waals surface area (Å²) in [5, 5.41) is 4.20. The molecule has 2 aromatic rings. The van der Waals surface area contributed by atoms with E-state index in [1.165, 1.54) is 0 Å². The van der Waals surface area contributed by atoms with Gasteiger partial charge in [0.05, 0.1) is 17.9 Å². The number of nitrogens with zero attached hydrogens (tertiary/aromatic N) is 4. The van der Waals surface area contributed by atoms with Gasteiger partial charge in [-0.2, -0.15) is 5.10 Å². The lowest BCUT2D eigenvalue weighted by molar-refractivity contribution is -0.125. The van der Waals surface area contributed by atoms with E-state index in [9.17, 15) is 4.79 Å². The molecular weight excluding hydrogens is 316 g/mol. The van der Waals surface area contributed by atoms with E-state index in [4.69, 9.17) is 4.74 Å². The molecule has 1 aromatic carbocycles. The molecule has 0 N–H and O–H groups in total. The Kier molecular flexibility index (Phi) is 4.44. The SMILES string of the molecule is Cn1cc(N2CCC[C@H](N3CC[C@H](Oc4ccccc4)C3)C2=O)cn1. The van der Waals surface area contributed by atoms with Crippen LogP contribution < -0.4 is 9.64 Å². The van der Waals surface area contributed by atoms with Gasteiger partial charge in [-0.25, -0.2) is 0 Å². The zero-order valence-electron chi connectivity index (χ0n) is 14.5. The molecule has 0 unspecified atom stereocenters. The summed E-state index contributed by atoms with van der Waals surface area (Å²) in [5.74, 6) is 1.10. The predicted octanol–water partition coefficient (Wildman–Crippen LogP) is 2.07. The number of benzene rings is 1. The molecule has 1 amide bonds. The summed E-state index contributed by atoms with van der Waals surface area (Å²) in [6.45, 7) is 2.50. The molecule has 2 aliphatic rings. The van der Waals surface area contributed by atoms with E-state index < -0.39 is 0 Å². The lowest BCUT2D eigenvalue weighted by Crippen LogP contribution is -2.52. The number of piperidine rings is 1. The number of carbonyl (C=O) groups excluding carboxylic acids is 1. The van der Waals surface area contributed by atoms with Crippen LogP contribution in [0.5, 0.6) is 5.75 Å². The molecule has 0 radical (unpaired) electrons. The van der Waals surface area contributed by atoms with Gasteiger partial charge in [0.25, 0.3) is 0 Å². The minimum Gasteiger partial charge on any atom is -0.489 e. The maximum absolute atomic E-state index is 13.0. The lowest BCUT2D eigenvalue weighted by Gasteiger charge is -2.36. The number of aryl methyl sites for hydroxylation is 1. The summed E-state index contributed by atoms with van der Waals surface area (Å²) in [6, 6.07) is 9.88. The molecule has 4 rings (SSSR count). The number of para-hydroxylation sites is 1. The first-order valence-corrected chi connectivity index (χ1v) is 8.96. The van der Waals surface area contributed by atoms with Crippen molar-refractivity contribution in [1.29, 1.82) is 0 Å². The first-order chi connectivity index (χ1) is 12.2. The quantitative estimate of drug-likeness (QED) is 0.855. The van der Waals surface area contributed by atoms with E-state index in [0.717, 1.165) is 50.3 Å². The number of ether oxygens (including phenoxy) is 1. The summed E-state index contributed by atoms with van der Waals surface area (Å²) in [7, 11) is 1.88. The van der Waals surface area contributed by atoms with E-state index >= 15 is 0 Å². The molecule has 6 nitrogen and oxygen atoms in total. The van der Waals surface area contributed by atoms with Gasteiger partial charge in [0.1, 0.15) is 11.9 Å². The van der Waals surface area contributed by atoms with Crippen LogP contribution in [0.4, 0.5) is 5.69 Å². The summed E-state index contributed by atoms with van der Waals surface area (Å²) in [6.07, 6.45) is 6.74. The molecule has 0 bridgehead atoms. The maximum Gasteiger partial charge on any atom is 0.244 e. The van der Waals surface area contributed by atoms with Crippen LogP contribution in [0.2, 0.25) is 0 Å². The van der Waals surface area contributed by atoms with Crippen LogP contribution in [0.15, 0.2) is 42.7 Å². The third-order valence-electron chi connectivity index (χ3n) is 5.08. The molecule has 25 heavy (non-hydrogen) atoms. The van der Waals surface area contributed by atoms with Crippen LogP contribution in [0.25, 0.3) is 0 Å². The molecule has 0 aliphatic carbocycles.